The Labute approximate surface area is 94.6 Å². The van der Waals surface area contributed by atoms with Crippen molar-refractivity contribution in [2.75, 3.05) is 0 Å². The maximum Gasteiger partial charge on any atom is 0.172 e. The minimum absolute atomic E-state index is 0.0458. The van der Waals surface area contributed by atoms with Crippen LogP contribution in [0, 0.1) is 24.7 Å². The minimum Gasteiger partial charge on any atom is -0.367 e. The van der Waals surface area contributed by atoms with E-state index in [1.165, 1.54) is 0 Å². The van der Waals surface area contributed by atoms with Crippen LogP contribution < -0.4 is 5.32 Å². The highest BCUT2D eigenvalue weighted by Gasteiger charge is 2.17. The van der Waals surface area contributed by atoms with Gasteiger partial charge < -0.3 is 5.32 Å². The molecule has 16 heavy (non-hydrogen) atoms. The van der Waals surface area contributed by atoms with Crippen molar-refractivity contribution in [2.45, 2.75) is 19.3 Å². The standard InChI is InChI=1S/C13H11NO2/c1-3-5-12(15)10-7-11(9-14-8-10)13(16)6-4-2/h1-2,8-9,14H,5-7H2. The van der Waals surface area contributed by atoms with Gasteiger partial charge in [0.1, 0.15) is 0 Å². The van der Waals surface area contributed by atoms with Crippen molar-refractivity contribution in [1.82, 2.24) is 5.32 Å². The van der Waals surface area contributed by atoms with Crippen LogP contribution in [-0.2, 0) is 9.59 Å². The van der Waals surface area contributed by atoms with E-state index in [9.17, 15) is 9.59 Å². The number of terminal acetylenes is 2. The van der Waals surface area contributed by atoms with Crippen LogP contribution in [0.4, 0.5) is 0 Å². The summed E-state index contributed by atoms with van der Waals surface area (Å²) in [7, 11) is 0. The molecule has 0 aromatic heterocycles. The Morgan fingerprint density at radius 2 is 1.56 bits per heavy atom. The second-order valence-electron chi connectivity index (χ2n) is 3.29. The molecule has 0 amide bonds. The Bertz CT molecular complexity index is 413. The van der Waals surface area contributed by atoms with Gasteiger partial charge in [-0.15, -0.1) is 12.8 Å². The first-order valence-electron chi connectivity index (χ1n) is 4.76. The molecule has 0 spiro atoms. The van der Waals surface area contributed by atoms with E-state index in [1.807, 2.05) is 0 Å². The van der Waals surface area contributed by atoms with Crippen molar-refractivity contribution in [3.8, 4) is 24.7 Å². The molecule has 0 aromatic carbocycles. The molecule has 1 aliphatic rings. The van der Waals surface area contributed by atoms with Crippen molar-refractivity contribution in [3.63, 3.8) is 0 Å². The fraction of sp³-hybridized carbons (Fsp3) is 0.231. The highest BCUT2D eigenvalue weighted by Crippen LogP contribution is 2.17. The molecular formula is C13H11NO2. The van der Waals surface area contributed by atoms with Gasteiger partial charge in [0.15, 0.2) is 11.6 Å². The zero-order valence-corrected chi connectivity index (χ0v) is 8.75. The van der Waals surface area contributed by atoms with Gasteiger partial charge in [0.2, 0.25) is 0 Å². The first-order valence-corrected chi connectivity index (χ1v) is 4.76. The van der Waals surface area contributed by atoms with Crippen LogP contribution in [0.25, 0.3) is 0 Å². The molecule has 0 radical (unpaired) electrons. The van der Waals surface area contributed by atoms with E-state index >= 15 is 0 Å². The molecular weight excluding hydrogens is 202 g/mol. The fourth-order valence-electron chi connectivity index (χ4n) is 1.32. The third-order valence-corrected chi connectivity index (χ3v) is 2.14. The first-order chi connectivity index (χ1) is 7.69. The number of nitrogens with one attached hydrogen (secondary N) is 1. The van der Waals surface area contributed by atoms with Crippen molar-refractivity contribution >= 4 is 11.6 Å². The number of dihydropyridines is 1. The van der Waals surface area contributed by atoms with Gasteiger partial charge in [0.05, 0.1) is 12.8 Å². The Kier molecular flexibility index (Phi) is 4.12. The predicted molar refractivity (Wildman–Crippen MR) is 60.8 cm³/mol. The first kappa shape index (κ1) is 11.8. The Morgan fingerprint density at radius 3 is 1.94 bits per heavy atom. The summed E-state index contributed by atoms with van der Waals surface area (Å²) in [5.41, 5.74) is 1.03. The monoisotopic (exact) mass is 213 g/mol. The summed E-state index contributed by atoms with van der Waals surface area (Å²) in [4.78, 5) is 23.0. The van der Waals surface area contributed by atoms with Gasteiger partial charge in [-0.1, -0.05) is 11.8 Å². The van der Waals surface area contributed by atoms with Gasteiger partial charge in [-0.25, -0.2) is 0 Å². The lowest BCUT2D eigenvalue weighted by molar-refractivity contribution is -0.115. The number of carbonyl (C=O) groups excluding carboxylic acids is 2. The van der Waals surface area contributed by atoms with Gasteiger partial charge in [0, 0.05) is 30.0 Å². The second-order valence-corrected chi connectivity index (χ2v) is 3.29. The lowest BCUT2D eigenvalue weighted by Gasteiger charge is -2.12. The number of carbonyl (C=O) groups is 2. The van der Waals surface area contributed by atoms with Crippen molar-refractivity contribution in [2.24, 2.45) is 0 Å². The fourth-order valence-corrected chi connectivity index (χ4v) is 1.32. The third kappa shape index (κ3) is 2.87. The van der Waals surface area contributed by atoms with Gasteiger partial charge >= 0.3 is 0 Å². The molecule has 0 fully saturated rings. The highest BCUT2D eigenvalue weighted by molar-refractivity contribution is 6.02. The van der Waals surface area contributed by atoms with E-state index in [0.717, 1.165) is 0 Å². The molecule has 3 nitrogen and oxygen atoms in total. The number of allylic oxidation sites excluding steroid dienone is 2. The number of ketones is 2. The average Bonchev–Trinajstić information content (AvgIpc) is 2.30. The van der Waals surface area contributed by atoms with Gasteiger partial charge in [-0.05, 0) is 0 Å². The Balaban J connectivity index is 2.68. The smallest absolute Gasteiger partial charge is 0.172 e. The van der Waals surface area contributed by atoms with Gasteiger partial charge in [0.25, 0.3) is 0 Å². The summed E-state index contributed by atoms with van der Waals surface area (Å²) in [5, 5.41) is 2.76. The summed E-state index contributed by atoms with van der Waals surface area (Å²) in [6.45, 7) is 0. The maximum absolute atomic E-state index is 11.5. The minimum atomic E-state index is -0.144. The summed E-state index contributed by atoms with van der Waals surface area (Å²) >= 11 is 0. The number of rotatable bonds is 4. The van der Waals surface area contributed by atoms with E-state index in [0.29, 0.717) is 17.6 Å². The van der Waals surface area contributed by atoms with E-state index in [-0.39, 0.29) is 24.4 Å². The van der Waals surface area contributed by atoms with Crippen LogP contribution in [0.5, 0.6) is 0 Å². The molecule has 80 valence electrons. The summed E-state index contributed by atoms with van der Waals surface area (Å²) < 4.78 is 0. The van der Waals surface area contributed by atoms with Crippen LogP contribution >= 0.6 is 0 Å². The van der Waals surface area contributed by atoms with Gasteiger partial charge in [-0.3, -0.25) is 9.59 Å². The molecule has 0 saturated carbocycles. The Morgan fingerprint density at radius 1 is 1.12 bits per heavy atom. The van der Waals surface area contributed by atoms with E-state index in [1.54, 1.807) is 12.4 Å². The molecule has 0 aromatic rings. The van der Waals surface area contributed by atoms with Crippen LogP contribution in [0.2, 0.25) is 0 Å². The Hall–Kier alpha value is -2.26. The highest BCUT2D eigenvalue weighted by atomic mass is 16.1. The number of hydrogen-bond donors (Lipinski definition) is 1. The number of Topliss-reactive ketones (excluding diaryl/α,β-unsaturated/α-hetero) is 2. The molecule has 3 heteroatoms. The van der Waals surface area contributed by atoms with E-state index in [2.05, 4.69) is 17.2 Å². The van der Waals surface area contributed by atoms with Crippen molar-refractivity contribution < 1.29 is 9.59 Å². The van der Waals surface area contributed by atoms with Crippen LogP contribution in [0.1, 0.15) is 19.3 Å². The normalized spacial score (nSPS) is 13.6. The van der Waals surface area contributed by atoms with Crippen molar-refractivity contribution in [3.05, 3.63) is 23.5 Å². The molecule has 0 atom stereocenters. The zero-order chi connectivity index (χ0) is 12.0. The summed E-state index contributed by atoms with van der Waals surface area (Å²) in [5.74, 6) is 4.27. The zero-order valence-electron chi connectivity index (χ0n) is 8.75. The molecule has 0 saturated heterocycles. The van der Waals surface area contributed by atoms with Crippen molar-refractivity contribution in [1.29, 1.82) is 0 Å². The van der Waals surface area contributed by atoms with Gasteiger partial charge in [-0.2, -0.15) is 0 Å². The van der Waals surface area contributed by atoms with Crippen LogP contribution in [0.3, 0.4) is 0 Å². The third-order valence-electron chi connectivity index (χ3n) is 2.14. The lowest BCUT2D eigenvalue weighted by atomic mass is 9.96. The van der Waals surface area contributed by atoms with Crippen LogP contribution in [0.15, 0.2) is 23.5 Å². The lowest BCUT2D eigenvalue weighted by Crippen LogP contribution is -2.16. The van der Waals surface area contributed by atoms with E-state index < -0.39 is 0 Å². The molecule has 0 bridgehead atoms. The second kappa shape index (κ2) is 5.58. The quantitative estimate of drug-likeness (QED) is 0.707. The maximum atomic E-state index is 11.5. The molecule has 1 rings (SSSR count). The molecule has 1 aliphatic heterocycles. The predicted octanol–water partition coefficient (Wildman–Crippen LogP) is 0.932. The van der Waals surface area contributed by atoms with E-state index in [4.69, 9.17) is 12.8 Å². The topological polar surface area (TPSA) is 46.2 Å². The average molecular weight is 213 g/mol. The summed E-state index contributed by atoms with van der Waals surface area (Å²) in [6.07, 6.45) is 13.6. The largest absolute Gasteiger partial charge is 0.367 e. The molecule has 1 N–H and O–H groups in total. The number of hydrogen-bond acceptors (Lipinski definition) is 3. The van der Waals surface area contributed by atoms with Crippen LogP contribution in [-0.4, -0.2) is 11.6 Å². The molecule has 0 aliphatic carbocycles. The molecule has 1 heterocycles. The molecule has 0 unspecified atom stereocenters. The summed E-state index contributed by atoms with van der Waals surface area (Å²) in [6, 6.07) is 0. The SMILES string of the molecule is C#CCC(=O)C1=CNC=C(C(=O)CC#C)C1.